The van der Waals surface area contributed by atoms with Gasteiger partial charge >= 0.3 is 5.97 Å². The Bertz CT molecular complexity index is 675. The number of ether oxygens (including phenoxy) is 2. The van der Waals surface area contributed by atoms with Crippen molar-refractivity contribution in [3.05, 3.63) is 53.5 Å². The highest BCUT2D eigenvalue weighted by Crippen LogP contribution is 2.21. The summed E-state index contributed by atoms with van der Waals surface area (Å²) in [7, 11) is 2.88. The Morgan fingerprint density at radius 1 is 1.13 bits per heavy atom. The molecule has 1 amide bonds. The molecule has 2 aromatic rings. The van der Waals surface area contributed by atoms with Gasteiger partial charge in [-0.1, -0.05) is 12.1 Å². The maximum absolute atomic E-state index is 12.3. The predicted molar refractivity (Wildman–Crippen MR) is 83.3 cm³/mol. The molecule has 122 valence electrons. The van der Waals surface area contributed by atoms with Gasteiger partial charge in [-0.25, -0.2) is 0 Å². The molecule has 0 saturated heterocycles. The van der Waals surface area contributed by atoms with Crippen LogP contribution in [-0.4, -0.2) is 26.1 Å². The average molecular weight is 317 g/mol. The lowest BCUT2D eigenvalue weighted by molar-refractivity contribution is -0.141. The molecule has 1 atom stereocenters. The van der Waals surface area contributed by atoms with Crippen LogP contribution in [0.3, 0.4) is 0 Å². The number of carbonyl (C=O) groups excluding carboxylic acids is 2. The minimum absolute atomic E-state index is 0.0221. The summed E-state index contributed by atoms with van der Waals surface area (Å²) in [6.45, 7) is 1.76. The molecule has 1 heterocycles. The molecule has 0 bridgehead atoms. The molecule has 23 heavy (non-hydrogen) atoms. The van der Waals surface area contributed by atoms with E-state index in [1.54, 1.807) is 50.4 Å². The molecule has 0 aliphatic carbocycles. The summed E-state index contributed by atoms with van der Waals surface area (Å²) in [5.74, 6) is 0.734. The number of amides is 1. The van der Waals surface area contributed by atoms with Gasteiger partial charge in [0.25, 0.3) is 5.91 Å². The third kappa shape index (κ3) is 4.35. The van der Waals surface area contributed by atoms with E-state index >= 15 is 0 Å². The quantitative estimate of drug-likeness (QED) is 0.829. The zero-order valence-electron chi connectivity index (χ0n) is 13.3. The van der Waals surface area contributed by atoms with Gasteiger partial charge < -0.3 is 19.2 Å². The number of benzene rings is 1. The lowest BCUT2D eigenvalue weighted by Gasteiger charge is -2.18. The molecule has 1 aromatic carbocycles. The monoisotopic (exact) mass is 317 g/mol. The van der Waals surface area contributed by atoms with Crippen molar-refractivity contribution in [2.24, 2.45) is 0 Å². The lowest BCUT2D eigenvalue weighted by Crippen LogP contribution is -2.30. The molecule has 0 spiro atoms. The van der Waals surface area contributed by atoms with Crippen LogP contribution in [0.2, 0.25) is 0 Å². The number of aryl methyl sites for hydroxylation is 1. The van der Waals surface area contributed by atoms with Crippen LogP contribution in [0, 0.1) is 6.92 Å². The van der Waals surface area contributed by atoms with E-state index in [0.29, 0.717) is 11.5 Å². The van der Waals surface area contributed by atoms with Gasteiger partial charge in [0.1, 0.15) is 11.5 Å². The van der Waals surface area contributed by atoms with Gasteiger partial charge in [-0.3, -0.25) is 9.59 Å². The fraction of sp³-hybridized carbons (Fsp3) is 0.294. The Kier molecular flexibility index (Phi) is 5.41. The zero-order valence-corrected chi connectivity index (χ0v) is 13.3. The standard InChI is InChI=1S/C17H19NO5/c1-11-4-9-15(23-11)17(20)18-14(10-16(19)22-3)12-5-7-13(21-2)8-6-12/h4-9,14H,10H2,1-3H3,(H,18,20). The summed E-state index contributed by atoms with van der Waals surface area (Å²) >= 11 is 0. The van der Waals surface area contributed by atoms with Crippen LogP contribution in [-0.2, 0) is 9.53 Å². The van der Waals surface area contributed by atoms with Crippen molar-refractivity contribution in [3.63, 3.8) is 0 Å². The van der Waals surface area contributed by atoms with Crippen molar-refractivity contribution in [2.45, 2.75) is 19.4 Å². The Balaban J connectivity index is 2.18. The van der Waals surface area contributed by atoms with Crippen LogP contribution in [0.1, 0.15) is 34.3 Å². The highest BCUT2D eigenvalue weighted by Gasteiger charge is 2.21. The second-order valence-corrected chi connectivity index (χ2v) is 4.99. The predicted octanol–water partition coefficient (Wildman–Crippen LogP) is 2.63. The zero-order chi connectivity index (χ0) is 16.8. The Morgan fingerprint density at radius 3 is 2.35 bits per heavy atom. The van der Waals surface area contributed by atoms with Crippen LogP contribution in [0.5, 0.6) is 5.75 Å². The third-order valence-electron chi connectivity index (χ3n) is 3.39. The van der Waals surface area contributed by atoms with Crippen molar-refractivity contribution < 1.29 is 23.5 Å². The van der Waals surface area contributed by atoms with Crippen LogP contribution >= 0.6 is 0 Å². The number of rotatable bonds is 6. The summed E-state index contributed by atoms with van der Waals surface area (Å²) in [5.41, 5.74) is 0.771. The highest BCUT2D eigenvalue weighted by molar-refractivity contribution is 5.92. The Morgan fingerprint density at radius 2 is 1.83 bits per heavy atom. The lowest BCUT2D eigenvalue weighted by atomic mass is 10.0. The molecule has 1 unspecified atom stereocenters. The molecule has 0 saturated carbocycles. The van der Waals surface area contributed by atoms with Gasteiger partial charge in [0.15, 0.2) is 5.76 Å². The molecule has 2 rings (SSSR count). The average Bonchev–Trinajstić information content (AvgIpc) is 3.00. The van der Waals surface area contributed by atoms with E-state index < -0.39 is 12.0 Å². The summed E-state index contributed by atoms with van der Waals surface area (Å²) in [6, 6.07) is 9.89. The number of hydrogen-bond acceptors (Lipinski definition) is 5. The van der Waals surface area contributed by atoms with E-state index in [1.807, 2.05) is 0 Å². The molecule has 0 aliphatic heterocycles. The molecule has 0 aliphatic rings. The smallest absolute Gasteiger partial charge is 0.307 e. The fourth-order valence-corrected chi connectivity index (χ4v) is 2.12. The van der Waals surface area contributed by atoms with Crippen molar-refractivity contribution >= 4 is 11.9 Å². The normalized spacial score (nSPS) is 11.6. The maximum atomic E-state index is 12.3. The van der Waals surface area contributed by atoms with E-state index in [0.717, 1.165) is 5.56 Å². The van der Waals surface area contributed by atoms with E-state index in [-0.39, 0.29) is 18.1 Å². The molecule has 1 aromatic heterocycles. The maximum Gasteiger partial charge on any atom is 0.307 e. The van der Waals surface area contributed by atoms with Crippen molar-refractivity contribution in [1.29, 1.82) is 0 Å². The summed E-state index contributed by atoms with van der Waals surface area (Å²) in [5, 5.41) is 2.79. The largest absolute Gasteiger partial charge is 0.497 e. The number of carbonyl (C=O) groups is 2. The van der Waals surface area contributed by atoms with Crippen LogP contribution < -0.4 is 10.1 Å². The molecule has 0 radical (unpaired) electrons. The van der Waals surface area contributed by atoms with Gasteiger partial charge in [-0.2, -0.15) is 0 Å². The van der Waals surface area contributed by atoms with Gasteiger partial charge in [-0.15, -0.1) is 0 Å². The van der Waals surface area contributed by atoms with Crippen molar-refractivity contribution in [3.8, 4) is 5.75 Å². The van der Waals surface area contributed by atoms with E-state index in [9.17, 15) is 9.59 Å². The van der Waals surface area contributed by atoms with Gasteiger partial charge in [0.2, 0.25) is 0 Å². The molecular weight excluding hydrogens is 298 g/mol. The molecule has 0 fully saturated rings. The first-order valence-electron chi connectivity index (χ1n) is 7.11. The minimum Gasteiger partial charge on any atom is -0.497 e. The summed E-state index contributed by atoms with van der Waals surface area (Å²) < 4.78 is 15.1. The summed E-state index contributed by atoms with van der Waals surface area (Å²) in [4.78, 5) is 23.9. The van der Waals surface area contributed by atoms with E-state index in [2.05, 4.69) is 5.32 Å². The highest BCUT2D eigenvalue weighted by atomic mass is 16.5. The Labute approximate surface area is 134 Å². The van der Waals surface area contributed by atoms with Gasteiger partial charge in [0, 0.05) is 0 Å². The van der Waals surface area contributed by atoms with Crippen LogP contribution in [0.4, 0.5) is 0 Å². The van der Waals surface area contributed by atoms with Crippen molar-refractivity contribution in [1.82, 2.24) is 5.32 Å². The van der Waals surface area contributed by atoms with Gasteiger partial charge in [-0.05, 0) is 36.8 Å². The second kappa shape index (κ2) is 7.49. The minimum atomic E-state index is -0.522. The molecule has 6 nitrogen and oxygen atoms in total. The van der Waals surface area contributed by atoms with Crippen LogP contribution in [0.15, 0.2) is 40.8 Å². The number of nitrogens with one attached hydrogen (secondary N) is 1. The topological polar surface area (TPSA) is 77.8 Å². The first kappa shape index (κ1) is 16.6. The number of methoxy groups -OCH3 is 2. The number of furan rings is 1. The first-order valence-corrected chi connectivity index (χ1v) is 7.11. The molecule has 6 heteroatoms. The SMILES string of the molecule is COC(=O)CC(NC(=O)c1ccc(C)o1)c1ccc(OC)cc1. The first-order chi connectivity index (χ1) is 11.0. The van der Waals surface area contributed by atoms with E-state index in [1.165, 1.54) is 7.11 Å². The van der Waals surface area contributed by atoms with Gasteiger partial charge in [0.05, 0.1) is 26.7 Å². The number of hydrogen-bond donors (Lipinski definition) is 1. The van der Waals surface area contributed by atoms with Crippen LogP contribution in [0.25, 0.3) is 0 Å². The molecule has 1 N–H and O–H groups in total. The van der Waals surface area contributed by atoms with Crippen molar-refractivity contribution in [2.75, 3.05) is 14.2 Å². The fourth-order valence-electron chi connectivity index (χ4n) is 2.12. The third-order valence-corrected chi connectivity index (χ3v) is 3.39. The Hall–Kier alpha value is -2.76. The second-order valence-electron chi connectivity index (χ2n) is 4.99. The summed E-state index contributed by atoms with van der Waals surface area (Å²) in [6.07, 6.45) is 0.0221. The molecular formula is C17H19NO5. The number of esters is 1. The van der Waals surface area contributed by atoms with E-state index in [4.69, 9.17) is 13.9 Å².